The van der Waals surface area contributed by atoms with Gasteiger partial charge in [0, 0.05) is 42.5 Å². The molecule has 1 amide bonds. The van der Waals surface area contributed by atoms with Crippen LogP contribution in [0.2, 0.25) is 0 Å². The molecule has 3 heterocycles. The summed E-state index contributed by atoms with van der Waals surface area (Å²) in [5, 5.41) is 3.86. The first-order valence-corrected chi connectivity index (χ1v) is 17.5. The van der Waals surface area contributed by atoms with Crippen LogP contribution >= 0.6 is 0 Å². The smallest absolute Gasteiger partial charge is 0.410 e. The van der Waals surface area contributed by atoms with Gasteiger partial charge in [0.2, 0.25) is 11.8 Å². The van der Waals surface area contributed by atoms with E-state index in [2.05, 4.69) is 20.3 Å². The number of rotatable bonds is 9. The molecule has 1 aliphatic rings. The first kappa shape index (κ1) is 35.8. The van der Waals surface area contributed by atoms with E-state index in [-0.39, 0.29) is 34.7 Å². The molecule has 10 nitrogen and oxygen atoms in total. The fourth-order valence-electron chi connectivity index (χ4n) is 5.48. The zero-order valence-electron chi connectivity index (χ0n) is 27.5. The van der Waals surface area contributed by atoms with Gasteiger partial charge in [-0.25, -0.2) is 32.6 Å². The summed E-state index contributed by atoms with van der Waals surface area (Å²) in [6, 6.07) is 10.6. The average molecular weight is 704 g/mol. The standard InChI is InChI=1S/C34H37F4N5O5S/c1-21-9-10-23-24(11-12-27(35)26(23)20-49(45,46)18-14-34(36,37)38)29(21)47-30-25(8-5-15-39-30)28-13-16-40-31(42-28)41-22-7-6-17-43(19-22)32(44)48-33(2,3)4/h5,8-13,15-16,22H,6-7,14,17-20H2,1-4H3,(H,40,41,42)/t22-/m0/s1. The number of sulfone groups is 1. The number of hydrogen-bond donors (Lipinski definition) is 1. The van der Waals surface area contributed by atoms with E-state index in [0.29, 0.717) is 41.2 Å². The summed E-state index contributed by atoms with van der Waals surface area (Å²) < 4.78 is 90.3. The van der Waals surface area contributed by atoms with Crippen molar-refractivity contribution in [2.24, 2.45) is 0 Å². The van der Waals surface area contributed by atoms with Gasteiger partial charge in [0.05, 0.1) is 29.2 Å². The van der Waals surface area contributed by atoms with E-state index < -0.39 is 45.4 Å². The predicted octanol–water partition coefficient (Wildman–Crippen LogP) is 7.61. The number of alkyl halides is 3. The molecular weight excluding hydrogens is 666 g/mol. The molecule has 4 aromatic rings. The Bertz CT molecular complexity index is 1950. The fraction of sp³-hybridized carbons (Fsp3) is 0.412. The SMILES string of the molecule is Cc1ccc2c(CS(=O)(=O)CCC(F)(F)F)c(F)ccc2c1Oc1ncccc1-c1ccnc(N[C@H]2CCCN(C(=O)OC(C)(C)C)C2)n1. The maximum Gasteiger partial charge on any atom is 0.410 e. The highest BCUT2D eigenvalue weighted by Crippen LogP contribution is 2.38. The van der Waals surface area contributed by atoms with Gasteiger partial charge in [-0.1, -0.05) is 12.1 Å². The second kappa shape index (κ2) is 14.1. The second-order valence-corrected chi connectivity index (χ2v) is 15.1. The highest BCUT2D eigenvalue weighted by atomic mass is 32.2. The number of likely N-dealkylation sites (tertiary alicyclic amines) is 1. The van der Waals surface area contributed by atoms with Crippen LogP contribution in [0.1, 0.15) is 51.2 Å². The Labute approximate surface area is 281 Å². The molecule has 1 aliphatic heterocycles. The van der Waals surface area contributed by atoms with Crippen molar-refractivity contribution in [2.45, 2.75) is 70.5 Å². The number of aryl methyl sites for hydroxylation is 1. The van der Waals surface area contributed by atoms with Gasteiger partial charge in [0.15, 0.2) is 9.84 Å². The third-order valence-corrected chi connectivity index (χ3v) is 9.33. The topological polar surface area (TPSA) is 124 Å². The Kier molecular flexibility index (Phi) is 10.3. The maximum atomic E-state index is 15.0. The van der Waals surface area contributed by atoms with Gasteiger partial charge in [0.1, 0.15) is 17.2 Å². The number of nitrogens with one attached hydrogen (secondary N) is 1. The number of hydrogen-bond acceptors (Lipinski definition) is 9. The molecule has 0 aliphatic carbocycles. The second-order valence-electron chi connectivity index (χ2n) is 12.9. The van der Waals surface area contributed by atoms with E-state index in [1.807, 2.05) is 20.8 Å². The van der Waals surface area contributed by atoms with Gasteiger partial charge in [-0.2, -0.15) is 13.2 Å². The molecule has 1 N–H and O–H groups in total. The van der Waals surface area contributed by atoms with E-state index in [0.717, 1.165) is 18.9 Å². The zero-order chi connectivity index (χ0) is 35.6. The van der Waals surface area contributed by atoms with E-state index >= 15 is 4.39 Å². The quantitative estimate of drug-likeness (QED) is 0.176. The number of ether oxygens (including phenoxy) is 2. The van der Waals surface area contributed by atoms with Crippen LogP contribution in [0, 0.1) is 12.7 Å². The Hall–Kier alpha value is -4.53. The first-order valence-electron chi connectivity index (χ1n) is 15.7. The van der Waals surface area contributed by atoms with Gasteiger partial charge in [-0.15, -0.1) is 0 Å². The van der Waals surface area contributed by atoms with Crippen molar-refractivity contribution in [2.75, 3.05) is 24.2 Å². The van der Waals surface area contributed by atoms with Crippen molar-refractivity contribution in [3.63, 3.8) is 0 Å². The number of pyridine rings is 1. The highest BCUT2D eigenvalue weighted by Gasteiger charge is 2.31. The van der Waals surface area contributed by atoms with Crippen LogP contribution in [0.25, 0.3) is 22.0 Å². The zero-order valence-corrected chi connectivity index (χ0v) is 28.3. The van der Waals surface area contributed by atoms with E-state index in [1.54, 1.807) is 42.3 Å². The molecule has 49 heavy (non-hydrogen) atoms. The number of nitrogens with zero attached hydrogens (tertiary/aromatic N) is 4. The minimum Gasteiger partial charge on any atom is -0.444 e. The number of carbonyl (C=O) groups excluding carboxylic acids is 1. The lowest BCUT2D eigenvalue weighted by Gasteiger charge is -2.34. The Morgan fingerprint density at radius 1 is 1.04 bits per heavy atom. The van der Waals surface area contributed by atoms with Crippen LogP contribution in [0.5, 0.6) is 11.6 Å². The number of halogens is 4. The van der Waals surface area contributed by atoms with E-state index in [1.165, 1.54) is 18.3 Å². The molecular formula is C34H37F4N5O5S. The summed E-state index contributed by atoms with van der Waals surface area (Å²) in [6.07, 6.45) is -1.91. The summed E-state index contributed by atoms with van der Waals surface area (Å²) >= 11 is 0. The number of fused-ring (bicyclic) bond motifs is 1. The monoisotopic (exact) mass is 703 g/mol. The van der Waals surface area contributed by atoms with Gasteiger partial charge in [0.25, 0.3) is 0 Å². The minimum absolute atomic E-state index is 0.119. The van der Waals surface area contributed by atoms with Crippen LogP contribution < -0.4 is 10.1 Å². The molecule has 5 rings (SSSR count). The Morgan fingerprint density at radius 3 is 2.53 bits per heavy atom. The first-order chi connectivity index (χ1) is 23.0. The number of carbonyl (C=O) groups is 1. The molecule has 1 atom stereocenters. The molecule has 15 heteroatoms. The van der Waals surface area contributed by atoms with Crippen molar-refractivity contribution in [1.82, 2.24) is 19.9 Å². The minimum atomic E-state index is -4.66. The van der Waals surface area contributed by atoms with E-state index in [4.69, 9.17) is 9.47 Å². The number of aromatic nitrogens is 3. The highest BCUT2D eigenvalue weighted by molar-refractivity contribution is 7.90. The fourth-order valence-corrected chi connectivity index (χ4v) is 6.90. The lowest BCUT2D eigenvalue weighted by Crippen LogP contribution is -2.47. The normalized spacial score (nSPS) is 15.7. The predicted molar refractivity (Wildman–Crippen MR) is 177 cm³/mol. The van der Waals surface area contributed by atoms with Crippen molar-refractivity contribution in [1.29, 1.82) is 0 Å². The van der Waals surface area contributed by atoms with Crippen LogP contribution in [-0.2, 0) is 20.3 Å². The number of piperidine rings is 1. The summed E-state index contributed by atoms with van der Waals surface area (Å²) in [5.74, 6) is -2.17. The molecule has 1 saturated heterocycles. The summed E-state index contributed by atoms with van der Waals surface area (Å²) in [5.41, 5.74) is 0.742. The third-order valence-electron chi connectivity index (χ3n) is 7.77. The van der Waals surface area contributed by atoms with Crippen molar-refractivity contribution < 1.29 is 40.2 Å². The van der Waals surface area contributed by atoms with Crippen LogP contribution in [0.15, 0.2) is 54.9 Å². The summed E-state index contributed by atoms with van der Waals surface area (Å²) in [6.45, 7) is 8.20. The van der Waals surface area contributed by atoms with Crippen molar-refractivity contribution in [3.8, 4) is 22.9 Å². The molecule has 2 aromatic carbocycles. The third kappa shape index (κ3) is 9.34. The molecule has 2 aromatic heterocycles. The molecule has 262 valence electrons. The van der Waals surface area contributed by atoms with E-state index in [9.17, 15) is 26.4 Å². The molecule has 0 spiro atoms. The van der Waals surface area contributed by atoms with Gasteiger partial charge >= 0.3 is 12.3 Å². The van der Waals surface area contributed by atoms with Crippen LogP contribution in [-0.4, -0.2) is 71.0 Å². The largest absolute Gasteiger partial charge is 0.444 e. The Morgan fingerprint density at radius 2 is 1.80 bits per heavy atom. The van der Waals surface area contributed by atoms with Crippen LogP contribution in [0.3, 0.4) is 0 Å². The Balaban J connectivity index is 1.40. The molecule has 0 bridgehead atoms. The van der Waals surface area contributed by atoms with Gasteiger partial charge in [-0.3, -0.25) is 0 Å². The van der Waals surface area contributed by atoms with Crippen molar-refractivity contribution >= 4 is 32.7 Å². The summed E-state index contributed by atoms with van der Waals surface area (Å²) in [7, 11) is -4.30. The lowest BCUT2D eigenvalue weighted by atomic mass is 10.0. The molecule has 1 fully saturated rings. The van der Waals surface area contributed by atoms with Gasteiger partial charge in [-0.05, 0) is 81.8 Å². The average Bonchev–Trinajstić information content (AvgIpc) is 3.02. The maximum absolute atomic E-state index is 15.0. The molecule has 0 saturated carbocycles. The number of amides is 1. The van der Waals surface area contributed by atoms with Gasteiger partial charge < -0.3 is 19.7 Å². The molecule has 0 radical (unpaired) electrons. The lowest BCUT2D eigenvalue weighted by molar-refractivity contribution is -0.129. The van der Waals surface area contributed by atoms with Crippen LogP contribution in [0.4, 0.5) is 28.3 Å². The number of anilines is 1. The molecule has 0 unspecified atom stereocenters. The van der Waals surface area contributed by atoms with Crippen molar-refractivity contribution in [3.05, 3.63) is 71.8 Å². The summed E-state index contributed by atoms with van der Waals surface area (Å²) in [4.78, 5) is 27.8. The number of benzene rings is 2.